The van der Waals surface area contributed by atoms with Gasteiger partial charge in [0.05, 0.1) is 0 Å². The molecule has 2 heterocycles. The Labute approximate surface area is 129 Å². The van der Waals surface area contributed by atoms with Crippen molar-refractivity contribution in [2.24, 2.45) is 0 Å². The summed E-state index contributed by atoms with van der Waals surface area (Å²) in [5.41, 5.74) is 5.69. The second-order valence-electron chi connectivity index (χ2n) is 4.98. The zero-order chi connectivity index (χ0) is 15.5. The minimum Gasteiger partial charge on any atom is -0.870 e. The number of hydrogen-bond donors (Lipinski definition) is 2. The molecule has 1 fully saturated rings. The molecule has 126 valence electrons. The minimum atomic E-state index is -4.68. The number of aryl methyl sites for hydroxylation is 1. The van der Waals surface area contributed by atoms with Crippen LogP contribution in [0.4, 0.5) is 11.9 Å². The fraction of sp³-hybridized carbons (Fsp3) is 0.727. The lowest BCUT2D eigenvalue weighted by Crippen LogP contribution is -2.52. The highest BCUT2D eigenvalue weighted by Gasteiger charge is 2.24. The highest BCUT2D eigenvalue weighted by atomic mass is 32.3. The van der Waals surface area contributed by atoms with E-state index in [2.05, 4.69) is 14.3 Å². The fourth-order valence-electron chi connectivity index (χ4n) is 2.30. The van der Waals surface area contributed by atoms with Crippen molar-refractivity contribution < 1.29 is 27.5 Å². The lowest BCUT2D eigenvalue weighted by molar-refractivity contribution is -0.853. The topological polar surface area (TPSA) is 153 Å². The Morgan fingerprint density at radius 2 is 1.73 bits per heavy atom. The molecule has 0 bridgehead atoms. The molecule has 0 radical (unpaired) electrons. The average molecular weight is 335 g/mol. The number of nitrogens with zero attached hydrogens (tertiary/aromatic N) is 4. The van der Waals surface area contributed by atoms with Crippen LogP contribution in [0.5, 0.6) is 0 Å². The lowest BCUT2D eigenvalue weighted by Gasteiger charge is -2.22. The van der Waals surface area contributed by atoms with E-state index in [0.717, 1.165) is 25.9 Å². The van der Waals surface area contributed by atoms with Gasteiger partial charge in [-0.2, -0.15) is 8.42 Å². The van der Waals surface area contributed by atoms with Crippen LogP contribution < -0.4 is 19.6 Å². The van der Waals surface area contributed by atoms with Gasteiger partial charge in [-0.3, -0.25) is 4.55 Å². The Morgan fingerprint density at radius 1 is 1.18 bits per heavy atom. The summed E-state index contributed by atoms with van der Waals surface area (Å²) in [6.07, 6.45) is 5.69. The monoisotopic (exact) mass is 335 g/mol. The molecule has 1 aliphatic rings. The normalized spacial score (nSPS) is 16.4. The smallest absolute Gasteiger partial charge is 0.474 e. The third-order valence-corrected chi connectivity index (χ3v) is 3.62. The molecular formula is C11H21N5O5S. The third-order valence-electron chi connectivity index (χ3n) is 3.29. The summed E-state index contributed by atoms with van der Waals surface area (Å²) < 4.78 is 35.3. The zero-order valence-corrected chi connectivity index (χ0v) is 13.2. The zero-order valence-electron chi connectivity index (χ0n) is 12.3. The predicted octanol–water partition coefficient (Wildman–Crippen LogP) is -0.520. The molecule has 0 atom stereocenters. The summed E-state index contributed by atoms with van der Waals surface area (Å²) in [5.74, 6) is 0.455. The molecular weight excluding hydrogens is 314 g/mol. The Morgan fingerprint density at radius 3 is 2.23 bits per heavy atom. The van der Waals surface area contributed by atoms with Crippen LogP contribution in [0.2, 0.25) is 0 Å². The van der Waals surface area contributed by atoms with Crippen molar-refractivity contribution in [1.29, 1.82) is 0 Å². The predicted molar refractivity (Wildman–Crippen MR) is 76.7 cm³/mol. The Hall–Kier alpha value is -1.72. The van der Waals surface area contributed by atoms with Crippen molar-refractivity contribution in [3.8, 4) is 0 Å². The van der Waals surface area contributed by atoms with E-state index < -0.39 is 10.4 Å². The van der Waals surface area contributed by atoms with Crippen molar-refractivity contribution in [3.05, 3.63) is 5.82 Å². The van der Waals surface area contributed by atoms with Gasteiger partial charge in [-0.15, -0.1) is 0 Å². The van der Waals surface area contributed by atoms with Gasteiger partial charge in [-0.1, -0.05) is 29.2 Å². The van der Waals surface area contributed by atoms with Gasteiger partial charge in [-0.05, 0) is 17.6 Å². The van der Waals surface area contributed by atoms with E-state index in [0.29, 0.717) is 10.7 Å². The van der Waals surface area contributed by atoms with E-state index in [1.165, 1.54) is 26.2 Å². The largest absolute Gasteiger partial charge is 0.870 e. The van der Waals surface area contributed by atoms with Gasteiger partial charge < -0.3 is 16.1 Å². The van der Waals surface area contributed by atoms with Crippen LogP contribution in [0.3, 0.4) is 0 Å². The van der Waals surface area contributed by atoms with Crippen molar-refractivity contribution in [2.45, 2.75) is 39.0 Å². The second-order valence-corrected chi connectivity index (χ2v) is 5.99. The molecule has 4 N–H and O–H groups in total. The summed E-state index contributed by atoms with van der Waals surface area (Å²) in [6, 6.07) is 0. The summed E-state index contributed by atoms with van der Waals surface area (Å²) in [6.45, 7) is 3.20. The van der Waals surface area contributed by atoms with Gasteiger partial charge in [0, 0.05) is 20.0 Å². The molecule has 1 aromatic rings. The van der Waals surface area contributed by atoms with Gasteiger partial charge in [0.1, 0.15) is 0 Å². The Bertz CT molecular complexity index is 578. The summed E-state index contributed by atoms with van der Waals surface area (Å²) in [7, 11) is -4.68. The highest BCUT2D eigenvalue weighted by Crippen LogP contribution is 2.15. The molecule has 0 unspecified atom stereocenters. The van der Waals surface area contributed by atoms with Crippen molar-refractivity contribution >= 4 is 22.3 Å². The van der Waals surface area contributed by atoms with Gasteiger partial charge >= 0.3 is 22.3 Å². The number of hydrogen-bond acceptors (Lipinski definition) is 8. The summed E-state index contributed by atoms with van der Waals surface area (Å²) >= 11 is 0. The van der Waals surface area contributed by atoms with Crippen LogP contribution in [0.25, 0.3) is 0 Å². The van der Waals surface area contributed by atoms with E-state index in [9.17, 15) is 8.42 Å². The van der Waals surface area contributed by atoms with E-state index in [1.807, 2.05) is 4.90 Å². The molecule has 11 heteroatoms. The van der Waals surface area contributed by atoms with E-state index in [-0.39, 0.29) is 17.2 Å². The van der Waals surface area contributed by atoms with E-state index in [4.69, 9.17) is 10.3 Å². The highest BCUT2D eigenvalue weighted by molar-refractivity contribution is 7.80. The SMILES string of the molecule is Cc1nc(N2CCCCCCC2)nc(N)[n+]1OS(=O)(=O)O.[OH-]. The number of nitrogen functional groups attached to an aromatic ring is 1. The quantitative estimate of drug-likeness (QED) is 0.548. The molecule has 1 aromatic heterocycles. The first-order valence-electron chi connectivity index (χ1n) is 6.85. The van der Waals surface area contributed by atoms with Crippen molar-refractivity contribution in [1.82, 2.24) is 9.97 Å². The molecule has 0 saturated carbocycles. The van der Waals surface area contributed by atoms with Crippen LogP contribution in [0.15, 0.2) is 0 Å². The fourth-order valence-corrected chi connectivity index (χ4v) is 2.68. The van der Waals surface area contributed by atoms with Crippen LogP contribution >= 0.6 is 0 Å². The molecule has 0 amide bonds. The molecule has 0 aromatic carbocycles. The van der Waals surface area contributed by atoms with E-state index >= 15 is 0 Å². The second kappa shape index (κ2) is 7.51. The maximum atomic E-state index is 10.8. The molecule has 1 aliphatic heterocycles. The first-order chi connectivity index (χ1) is 9.87. The standard InChI is InChI=1S/C11H19N5O4S.H2O/c1-9-13-11(15-7-5-3-2-4-6-8-15)14-10(12)16(9)20-21(17,18)19;/h12H,2-8H2,1H3,(H,17,18,19);1H2. The van der Waals surface area contributed by atoms with Gasteiger partial charge in [0.25, 0.3) is 5.82 Å². The maximum absolute atomic E-state index is 10.8. The van der Waals surface area contributed by atoms with Crippen molar-refractivity contribution in [2.75, 3.05) is 23.7 Å². The van der Waals surface area contributed by atoms with Gasteiger partial charge in [0.15, 0.2) is 0 Å². The number of nitrogens with two attached hydrogens (primary N) is 1. The molecule has 2 rings (SSSR count). The lowest BCUT2D eigenvalue weighted by atomic mass is 10.1. The van der Waals surface area contributed by atoms with Crippen LogP contribution in [-0.4, -0.2) is 41.5 Å². The minimum absolute atomic E-state index is 0. The first-order valence-corrected chi connectivity index (χ1v) is 8.22. The number of aromatic nitrogens is 3. The third kappa shape index (κ3) is 4.93. The molecule has 10 nitrogen and oxygen atoms in total. The number of rotatable bonds is 3. The van der Waals surface area contributed by atoms with Gasteiger partial charge in [0.2, 0.25) is 0 Å². The number of anilines is 2. The van der Waals surface area contributed by atoms with E-state index in [1.54, 1.807) is 0 Å². The Kier molecular flexibility index (Phi) is 6.26. The molecule has 0 spiro atoms. The molecule has 22 heavy (non-hydrogen) atoms. The average Bonchev–Trinajstić information content (AvgIpc) is 2.32. The molecule has 0 aliphatic carbocycles. The van der Waals surface area contributed by atoms with Gasteiger partial charge in [-0.25, -0.2) is 4.28 Å². The molecule has 1 saturated heterocycles. The summed E-state index contributed by atoms with van der Waals surface area (Å²) in [4.78, 5) is 10.3. The Balaban J connectivity index is 0.00000242. The summed E-state index contributed by atoms with van der Waals surface area (Å²) in [5, 5.41) is 0. The van der Waals surface area contributed by atoms with Crippen molar-refractivity contribution in [3.63, 3.8) is 0 Å². The van der Waals surface area contributed by atoms with Crippen LogP contribution in [-0.2, 0) is 10.4 Å². The van der Waals surface area contributed by atoms with Crippen LogP contribution in [0.1, 0.15) is 37.9 Å². The van der Waals surface area contributed by atoms with Crippen LogP contribution in [0, 0.1) is 6.92 Å². The maximum Gasteiger partial charge on any atom is 0.474 e. The first kappa shape index (κ1) is 18.3.